The predicted octanol–water partition coefficient (Wildman–Crippen LogP) is 4.10. The molecule has 0 spiro atoms. The van der Waals surface area contributed by atoms with E-state index < -0.39 is 11.7 Å². The fourth-order valence-corrected chi connectivity index (χ4v) is 1.69. The van der Waals surface area contributed by atoms with E-state index in [1.54, 1.807) is 6.07 Å². The summed E-state index contributed by atoms with van der Waals surface area (Å²) >= 11 is 0. The molecule has 0 aliphatic carbocycles. The molecule has 0 aliphatic heterocycles. The number of nitrogens with zero attached hydrogens (tertiary/aromatic N) is 1. The number of alkyl halides is 3. The van der Waals surface area contributed by atoms with Crippen molar-refractivity contribution in [2.24, 2.45) is 0 Å². The average molecular weight is 282 g/mol. The molecule has 2 rings (SSSR count). The molecule has 0 radical (unpaired) electrons. The molecule has 1 aromatic carbocycles. The molecule has 6 heteroatoms. The largest absolute Gasteiger partial charge is 0.492 e. The molecule has 1 N–H and O–H groups in total. The number of benzene rings is 1. The number of hydrogen-bond acceptors (Lipinski definition) is 2. The minimum atomic E-state index is -4.33. The van der Waals surface area contributed by atoms with Crippen molar-refractivity contribution in [3.8, 4) is 11.3 Å². The van der Waals surface area contributed by atoms with Crippen LogP contribution in [-0.4, -0.2) is 16.8 Å². The molecule has 0 saturated heterocycles. The second-order valence-electron chi connectivity index (χ2n) is 4.10. The molecule has 0 fully saturated rings. The number of nitrogens with one attached hydrogen (secondary N) is 1. The van der Waals surface area contributed by atoms with Gasteiger partial charge in [0.15, 0.2) is 0 Å². The van der Waals surface area contributed by atoms with Gasteiger partial charge >= 0.3 is 6.18 Å². The SMILES string of the molecule is C=C(OCC)c1cc(-c2ccc(C(F)(F)F)cc2)n[nH]1. The molecule has 0 aliphatic rings. The van der Waals surface area contributed by atoms with Crippen LogP contribution in [0.4, 0.5) is 13.2 Å². The standard InChI is InChI=1S/C14H13F3N2O/c1-3-20-9(2)12-8-13(19-18-12)10-4-6-11(7-5-10)14(15,16)17/h4-8H,2-3H2,1H3,(H,18,19). The summed E-state index contributed by atoms with van der Waals surface area (Å²) in [6, 6.07) is 6.50. The molecule has 1 aromatic heterocycles. The van der Waals surface area contributed by atoms with Gasteiger partial charge in [0.25, 0.3) is 0 Å². The van der Waals surface area contributed by atoms with Gasteiger partial charge in [-0.3, -0.25) is 5.10 Å². The van der Waals surface area contributed by atoms with E-state index in [9.17, 15) is 13.2 Å². The van der Waals surface area contributed by atoms with Gasteiger partial charge in [-0.2, -0.15) is 18.3 Å². The van der Waals surface area contributed by atoms with Gasteiger partial charge in [-0.25, -0.2) is 0 Å². The number of aromatic amines is 1. The van der Waals surface area contributed by atoms with Crippen LogP contribution in [0, 0.1) is 0 Å². The molecule has 0 amide bonds. The fraction of sp³-hybridized carbons (Fsp3) is 0.214. The first kappa shape index (κ1) is 14.2. The van der Waals surface area contributed by atoms with E-state index in [0.717, 1.165) is 12.1 Å². The van der Waals surface area contributed by atoms with Crippen molar-refractivity contribution in [1.29, 1.82) is 0 Å². The van der Waals surface area contributed by atoms with E-state index in [1.807, 2.05) is 6.92 Å². The Balaban J connectivity index is 2.22. The normalized spacial score (nSPS) is 11.4. The lowest BCUT2D eigenvalue weighted by Gasteiger charge is -2.06. The van der Waals surface area contributed by atoms with E-state index in [4.69, 9.17) is 4.74 Å². The van der Waals surface area contributed by atoms with Crippen LogP contribution in [0.5, 0.6) is 0 Å². The molecule has 20 heavy (non-hydrogen) atoms. The van der Waals surface area contributed by atoms with Gasteiger partial charge in [0.05, 0.1) is 23.6 Å². The molecule has 106 valence electrons. The molecular formula is C14H13F3N2O. The zero-order valence-corrected chi connectivity index (χ0v) is 10.8. The van der Waals surface area contributed by atoms with Gasteiger partial charge in [-0.05, 0) is 25.1 Å². The first-order valence-electron chi connectivity index (χ1n) is 5.97. The number of hydrogen-bond donors (Lipinski definition) is 1. The zero-order chi connectivity index (χ0) is 14.8. The summed E-state index contributed by atoms with van der Waals surface area (Å²) in [5.41, 5.74) is 1.04. The van der Waals surface area contributed by atoms with Crippen molar-refractivity contribution in [2.75, 3.05) is 6.61 Å². The Morgan fingerprint density at radius 3 is 2.50 bits per heavy atom. The van der Waals surface area contributed by atoms with Crippen LogP contribution < -0.4 is 0 Å². The average Bonchev–Trinajstić information content (AvgIpc) is 2.88. The van der Waals surface area contributed by atoms with Gasteiger partial charge in [0.1, 0.15) is 5.76 Å². The molecule has 2 aromatic rings. The Bertz CT molecular complexity index is 600. The van der Waals surface area contributed by atoms with Crippen LogP contribution in [0.1, 0.15) is 18.2 Å². The van der Waals surface area contributed by atoms with Crippen molar-refractivity contribution in [3.05, 3.63) is 48.2 Å². The van der Waals surface area contributed by atoms with Gasteiger partial charge < -0.3 is 4.74 Å². The lowest BCUT2D eigenvalue weighted by Crippen LogP contribution is -2.03. The van der Waals surface area contributed by atoms with Gasteiger partial charge in [-0.1, -0.05) is 18.7 Å². The highest BCUT2D eigenvalue weighted by molar-refractivity contribution is 5.65. The number of ether oxygens (including phenoxy) is 1. The van der Waals surface area contributed by atoms with Crippen molar-refractivity contribution in [1.82, 2.24) is 10.2 Å². The van der Waals surface area contributed by atoms with Crippen LogP contribution in [0.25, 0.3) is 17.0 Å². The number of rotatable bonds is 4. The van der Waals surface area contributed by atoms with E-state index >= 15 is 0 Å². The molecular weight excluding hydrogens is 269 g/mol. The second kappa shape index (κ2) is 5.40. The minimum absolute atomic E-state index is 0.443. The highest BCUT2D eigenvalue weighted by Crippen LogP contribution is 2.30. The number of H-pyrrole nitrogens is 1. The summed E-state index contributed by atoms with van der Waals surface area (Å²) in [4.78, 5) is 0. The third-order valence-corrected chi connectivity index (χ3v) is 2.70. The Labute approximate surface area is 114 Å². The first-order valence-corrected chi connectivity index (χ1v) is 5.97. The first-order chi connectivity index (χ1) is 9.41. The zero-order valence-electron chi connectivity index (χ0n) is 10.8. The maximum absolute atomic E-state index is 12.5. The quantitative estimate of drug-likeness (QED) is 0.857. The van der Waals surface area contributed by atoms with Gasteiger partial charge in [-0.15, -0.1) is 0 Å². The van der Waals surface area contributed by atoms with Crippen molar-refractivity contribution in [3.63, 3.8) is 0 Å². The van der Waals surface area contributed by atoms with Gasteiger partial charge in [0.2, 0.25) is 0 Å². The highest BCUT2D eigenvalue weighted by atomic mass is 19.4. The third-order valence-electron chi connectivity index (χ3n) is 2.70. The topological polar surface area (TPSA) is 37.9 Å². The van der Waals surface area contributed by atoms with E-state index in [1.165, 1.54) is 12.1 Å². The van der Waals surface area contributed by atoms with Crippen LogP contribution in [0.2, 0.25) is 0 Å². The van der Waals surface area contributed by atoms with Crippen LogP contribution in [-0.2, 0) is 10.9 Å². The molecule has 0 atom stereocenters. The summed E-state index contributed by atoms with van der Waals surface area (Å²) in [6.07, 6.45) is -4.33. The summed E-state index contributed by atoms with van der Waals surface area (Å²) in [7, 11) is 0. The predicted molar refractivity (Wildman–Crippen MR) is 69.7 cm³/mol. The number of halogens is 3. The number of aromatic nitrogens is 2. The smallest absolute Gasteiger partial charge is 0.416 e. The lowest BCUT2D eigenvalue weighted by molar-refractivity contribution is -0.137. The lowest BCUT2D eigenvalue weighted by atomic mass is 10.1. The Kier molecular flexibility index (Phi) is 3.83. The van der Waals surface area contributed by atoms with Crippen molar-refractivity contribution < 1.29 is 17.9 Å². The van der Waals surface area contributed by atoms with Crippen LogP contribution in [0.15, 0.2) is 36.9 Å². The fourth-order valence-electron chi connectivity index (χ4n) is 1.69. The Morgan fingerprint density at radius 1 is 1.30 bits per heavy atom. The van der Waals surface area contributed by atoms with E-state index in [2.05, 4.69) is 16.8 Å². The maximum Gasteiger partial charge on any atom is 0.416 e. The molecule has 0 bridgehead atoms. The van der Waals surface area contributed by atoms with Gasteiger partial charge in [0, 0.05) is 5.56 Å². The molecule has 0 saturated carbocycles. The molecule has 1 heterocycles. The van der Waals surface area contributed by atoms with Crippen LogP contribution in [0.3, 0.4) is 0 Å². The van der Waals surface area contributed by atoms with Crippen LogP contribution >= 0.6 is 0 Å². The Hall–Kier alpha value is -2.24. The van der Waals surface area contributed by atoms with Crippen molar-refractivity contribution >= 4 is 5.76 Å². The summed E-state index contributed by atoms with van der Waals surface area (Å²) < 4.78 is 42.6. The maximum atomic E-state index is 12.5. The van der Waals surface area contributed by atoms with Crippen molar-refractivity contribution in [2.45, 2.75) is 13.1 Å². The molecule has 0 unspecified atom stereocenters. The third kappa shape index (κ3) is 3.01. The monoisotopic (exact) mass is 282 g/mol. The van der Waals surface area contributed by atoms with E-state index in [0.29, 0.717) is 29.3 Å². The van der Waals surface area contributed by atoms with E-state index in [-0.39, 0.29) is 0 Å². The summed E-state index contributed by atoms with van der Waals surface area (Å²) in [5, 5.41) is 6.77. The second-order valence-corrected chi connectivity index (χ2v) is 4.10. The summed E-state index contributed by atoms with van der Waals surface area (Å²) in [5.74, 6) is 0.443. The summed E-state index contributed by atoms with van der Waals surface area (Å²) in [6.45, 7) is 6.04. The Morgan fingerprint density at radius 2 is 1.95 bits per heavy atom. The highest BCUT2D eigenvalue weighted by Gasteiger charge is 2.30. The molecule has 3 nitrogen and oxygen atoms in total. The minimum Gasteiger partial charge on any atom is -0.492 e.